The Morgan fingerprint density at radius 2 is 1.29 bits per heavy atom. The minimum Gasteiger partial charge on any atom is -0.288 e. The Balaban J connectivity index is 1.66. The van der Waals surface area contributed by atoms with Crippen molar-refractivity contribution in [2.24, 2.45) is 0 Å². The van der Waals surface area contributed by atoms with E-state index in [2.05, 4.69) is 72.2 Å². The summed E-state index contributed by atoms with van der Waals surface area (Å²) in [6, 6.07) is 21.3. The van der Waals surface area contributed by atoms with Crippen molar-refractivity contribution >= 4 is 35.4 Å². The molecule has 0 aliphatic carbocycles. The van der Waals surface area contributed by atoms with E-state index in [1.54, 1.807) is 6.92 Å². The predicted molar refractivity (Wildman–Crippen MR) is 127 cm³/mol. The van der Waals surface area contributed by atoms with Crippen LogP contribution in [0.3, 0.4) is 0 Å². The highest BCUT2D eigenvalue weighted by Gasteiger charge is 2.09. The van der Waals surface area contributed by atoms with Crippen LogP contribution in [0.1, 0.15) is 58.3 Å². The SMILES string of the molecule is CC(=O)SCCCCCCCCCC#CP(c1ccccc1)c1ccccc1. The fourth-order valence-corrected chi connectivity index (χ4v) is 5.39. The highest BCUT2D eigenvalue weighted by Crippen LogP contribution is 2.31. The van der Waals surface area contributed by atoms with Gasteiger partial charge in [0.2, 0.25) is 0 Å². The number of hydrogen-bond donors (Lipinski definition) is 0. The van der Waals surface area contributed by atoms with E-state index in [0.29, 0.717) is 0 Å². The monoisotopic (exact) mass is 410 g/mol. The van der Waals surface area contributed by atoms with E-state index in [1.807, 2.05) is 0 Å². The van der Waals surface area contributed by atoms with Crippen molar-refractivity contribution in [1.29, 1.82) is 0 Å². The molecule has 0 saturated heterocycles. The van der Waals surface area contributed by atoms with Gasteiger partial charge in [-0.3, -0.25) is 4.79 Å². The van der Waals surface area contributed by atoms with Crippen LogP contribution in [-0.4, -0.2) is 10.9 Å². The number of unbranched alkanes of at least 4 members (excludes halogenated alkanes) is 7. The van der Waals surface area contributed by atoms with Crippen molar-refractivity contribution < 1.29 is 4.79 Å². The van der Waals surface area contributed by atoms with Crippen LogP contribution < -0.4 is 10.6 Å². The third-order valence-corrected chi connectivity index (χ3v) is 7.38. The van der Waals surface area contributed by atoms with Crippen LogP contribution in [0.4, 0.5) is 0 Å². The van der Waals surface area contributed by atoms with Crippen molar-refractivity contribution in [3.05, 3.63) is 60.7 Å². The first-order valence-corrected chi connectivity index (χ1v) is 12.6. The van der Waals surface area contributed by atoms with Crippen LogP contribution >= 0.6 is 19.7 Å². The molecule has 0 N–H and O–H groups in total. The molecular weight excluding hydrogens is 379 g/mol. The lowest BCUT2D eigenvalue weighted by atomic mass is 10.1. The summed E-state index contributed by atoms with van der Waals surface area (Å²) in [4.78, 5) is 10.9. The Hall–Kier alpha value is -1.55. The highest BCUT2D eigenvalue weighted by molar-refractivity contribution is 8.13. The molecule has 28 heavy (non-hydrogen) atoms. The zero-order valence-electron chi connectivity index (χ0n) is 16.9. The first-order valence-electron chi connectivity index (χ1n) is 10.3. The topological polar surface area (TPSA) is 17.1 Å². The number of benzene rings is 2. The number of carbonyl (C=O) groups is 1. The molecule has 0 spiro atoms. The maximum atomic E-state index is 10.9. The van der Waals surface area contributed by atoms with Crippen LogP contribution in [0.5, 0.6) is 0 Å². The second kappa shape index (κ2) is 14.4. The third-order valence-electron chi connectivity index (χ3n) is 4.47. The number of thioether (sulfide) groups is 1. The fourth-order valence-electron chi connectivity index (χ4n) is 2.98. The highest BCUT2D eigenvalue weighted by atomic mass is 32.2. The van der Waals surface area contributed by atoms with Gasteiger partial charge in [-0.1, -0.05) is 116 Å². The molecule has 0 amide bonds. The standard InChI is InChI=1S/C25H31OPS/c1-23(26)28-22-16-8-6-4-2-3-5-7-15-21-27(24-17-11-9-12-18-24)25-19-13-10-14-20-25/h9-14,17-20H,2-8,16,22H2,1H3. The summed E-state index contributed by atoms with van der Waals surface area (Å²) in [7, 11) is -0.579. The van der Waals surface area contributed by atoms with E-state index >= 15 is 0 Å². The van der Waals surface area contributed by atoms with Gasteiger partial charge in [0.1, 0.15) is 0 Å². The van der Waals surface area contributed by atoms with Gasteiger partial charge in [-0.25, -0.2) is 0 Å². The van der Waals surface area contributed by atoms with Crippen LogP contribution in [0.2, 0.25) is 0 Å². The van der Waals surface area contributed by atoms with Crippen molar-refractivity contribution in [2.75, 3.05) is 5.75 Å². The molecule has 2 aromatic carbocycles. The third kappa shape index (κ3) is 9.59. The molecule has 148 valence electrons. The lowest BCUT2D eigenvalue weighted by molar-refractivity contribution is -0.109. The predicted octanol–water partition coefficient (Wildman–Crippen LogP) is 6.48. The minimum absolute atomic E-state index is 0.240. The average molecular weight is 411 g/mol. The van der Waals surface area contributed by atoms with Gasteiger partial charge in [0.15, 0.2) is 5.12 Å². The van der Waals surface area contributed by atoms with Crippen molar-refractivity contribution in [3.63, 3.8) is 0 Å². The van der Waals surface area contributed by atoms with Gasteiger partial charge in [0.05, 0.1) is 0 Å². The van der Waals surface area contributed by atoms with Crippen LogP contribution in [-0.2, 0) is 4.79 Å². The van der Waals surface area contributed by atoms with E-state index in [9.17, 15) is 4.79 Å². The van der Waals surface area contributed by atoms with E-state index in [1.165, 1.54) is 60.9 Å². The van der Waals surface area contributed by atoms with Gasteiger partial charge in [-0.2, -0.15) is 0 Å². The van der Waals surface area contributed by atoms with Crippen LogP contribution in [0.15, 0.2) is 60.7 Å². The van der Waals surface area contributed by atoms with Crippen LogP contribution in [0, 0.1) is 11.6 Å². The van der Waals surface area contributed by atoms with Crippen molar-refractivity contribution in [3.8, 4) is 11.6 Å². The molecule has 0 aliphatic rings. The zero-order chi connectivity index (χ0) is 19.9. The summed E-state index contributed by atoms with van der Waals surface area (Å²) in [5.41, 5.74) is 3.57. The molecule has 0 radical (unpaired) electrons. The summed E-state index contributed by atoms with van der Waals surface area (Å²) >= 11 is 1.45. The van der Waals surface area contributed by atoms with Gasteiger partial charge in [-0.15, -0.1) is 0 Å². The molecular formula is C25H31OPS. The van der Waals surface area contributed by atoms with Gasteiger partial charge in [-0.05, 0) is 23.5 Å². The summed E-state index contributed by atoms with van der Waals surface area (Å²) in [6.45, 7) is 1.65. The molecule has 0 heterocycles. The first kappa shape index (κ1) is 22.7. The Bertz CT molecular complexity index is 694. The van der Waals surface area contributed by atoms with Gasteiger partial charge < -0.3 is 0 Å². The number of hydrogen-bond acceptors (Lipinski definition) is 2. The zero-order valence-corrected chi connectivity index (χ0v) is 18.6. The molecule has 0 saturated carbocycles. The van der Waals surface area contributed by atoms with Crippen molar-refractivity contribution in [2.45, 2.75) is 58.3 Å². The Kier molecular flexibility index (Phi) is 11.7. The molecule has 0 bridgehead atoms. The Morgan fingerprint density at radius 3 is 1.82 bits per heavy atom. The molecule has 2 aromatic rings. The summed E-state index contributed by atoms with van der Waals surface area (Å²) in [5.74, 6) is 4.44. The second-order valence-corrected chi connectivity index (χ2v) is 10.1. The molecule has 0 aromatic heterocycles. The normalized spacial score (nSPS) is 10.5. The minimum atomic E-state index is -0.579. The van der Waals surface area contributed by atoms with Crippen molar-refractivity contribution in [1.82, 2.24) is 0 Å². The van der Waals surface area contributed by atoms with Gasteiger partial charge in [0.25, 0.3) is 0 Å². The smallest absolute Gasteiger partial charge is 0.185 e. The maximum absolute atomic E-state index is 10.9. The largest absolute Gasteiger partial charge is 0.288 e. The maximum Gasteiger partial charge on any atom is 0.185 e. The lowest BCUT2D eigenvalue weighted by Crippen LogP contribution is -2.09. The number of carbonyl (C=O) groups excluding carboxylic acids is 1. The molecule has 0 fully saturated rings. The average Bonchev–Trinajstić information content (AvgIpc) is 2.72. The molecule has 0 aliphatic heterocycles. The summed E-state index contributed by atoms with van der Waals surface area (Å²) in [5, 5.41) is 2.91. The van der Waals surface area contributed by atoms with Gasteiger partial charge in [0, 0.05) is 27.0 Å². The second-order valence-electron chi connectivity index (χ2n) is 6.86. The lowest BCUT2D eigenvalue weighted by Gasteiger charge is -2.11. The Labute approximate surface area is 176 Å². The number of rotatable bonds is 11. The Morgan fingerprint density at radius 1 is 0.786 bits per heavy atom. The van der Waals surface area contributed by atoms with E-state index < -0.39 is 7.92 Å². The van der Waals surface area contributed by atoms with Crippen LogP contribution in [0.25, 0.3) is 0 Å². The molecule has 3 heteroatoms. The first-order chi connectivity index (χ1) is 13.8. The molecule has 0 unspecified atom stereocenters. The fraction of sp³-hybridized carbons (Fsp3) is 0.400. The summed E-state index contributed by atoms with van der Waals surface area (Å²) < 4.78 is 0. The quantitative estimate of drug-likeness (QED) is 0.240. The summed E-state index contributed by atoms with van der Waals surface area (Å²) in [6.07, 6.45) is 9.76. The van der Waals surface area contributed by atoms with E-state index in [-0.39, 0.29) is 5.12 Å². The van der Waals surface area contributed by atoms with E-state index in [0.717, 1.165) is 18.6 Å². The van der Waals surface area contributed by atoms with Gasteiger partial charge >= 0.3 is 0 Å². The van der Waals surface area contributed by atoms with E-state index in [4.69, 9.17) is 0 Å². The molecule has 0 atom stereocenters. The molecule has 1 nitrogen and oxygen atoms in total. The molecule has 2 rings (SSSR count).